The van der Waals surface area contributed by atoms with Crippen LogP contribution in [0.2, 0.25) is 0 Å². The van der Waals surface area contributed by atoms with E-state index in [4.69, 9.17) is 4.74 Å². The van der Waals surface area contributed by atoms with Gasteiger partial charge < -0.3 is 10.1 Å². The van der Waals surface area contributed by atoms with E-state index < -0.39 is 17.7 Å². The van der Waals surface area contributed by atoms with Crippen LogP contribution in [0.3, 0.4) is 0 Å². The van der Waals surface area contributed by atoms with E-state index in [-0.39, 0.29) is 23.6 Å². The van der Waals surface area contributed by atoms with Crippen molar-refractivity contribution in [1.82, 2.24) is 15.0 Å². The van der Waals surface area contributed by atoms with Gasteiger partial charge in [-0.25, -0.2) is 13.9 Å². The minimum Gasteiger partial charge on any atom is -0.462 e. The number of amides is 1. The largest absolute Gasteiger partial charge is 0.462 e. The number of anilines is 1. The summed E-state index contributed by atoms with van der Waals surface area (Å²) in [6.07, 6.45) is 0. The zero-order valence-electron chi connectivity index (χ0n) is 14.8. The maximum absolute atomic E-state index is 14.0. The summed E-state index contributed by atoms with van der Waals surface area (Å²) in [5.41, 5.74) is 1.10. The molecule has 1 heterocycles. The fourth-order valence-electron chi connectivity index (χ4n) is 2.55. The van der Waals surface area contributed by atoms with Gasteiger partial charge >= 0.3 is 5.97 Å². The Kier molecular flexibility index (Phi) is 5.25. The van der Waals surface area contributed by atoms with Crippen molar-refractivity contribution < 1.29 is 18.7 Å². The van der Waals surface area contributed by atoms with E-state index in [1.807, 2.05) is 0 Å². The molecule has 8 heteroatoms. The highest BCUT2D eigenvalue weighted by molar-refractivity contribution is 6.07. The Morgan fingerprint density at radius 1 is 1.15 bits per heavy atom. The normalized spacial score (nSPS) is 10.5. The molecule has 3 rings (SSSR count). The average molecular weight is 368 g/mol. The van der Waals surface area contributed by atoms with Gasteiger partial charge in [0.2, 0.25) is 0 Å². The third-order valence-electron chi connectivity index (χ3n) is 3.86. The van der Waals surface area contributed by atoms with Crippen LogP contribution in [-0.4, -0.2) is 33.5 Å². The Bertz CT molecular complexity index is 1000. The second-order valence-electron chi connectivity index (χ2n) is 5.61. The quantitative estimate of drug-likeness (QED) is 0.699. The minimum absolute atomic E-state index is 0.0249. The lowest BCUT2D eigenvalue weighted by Gasteiger charge is -2.10. The number of hydrogen-bond donors (Lipinski definition) is 1. The molecule has 0 aliphatic rings. The van der Waals surface area contributed by atoms with Crippen LogP contribution in [0.1, 0.15) is 33.5 Å². The number of carbonyl (C=O) groups excluding carboxylic acids is 2. The van der Waals surface area contributed by atoms with Crippen LogP contribution in [0.25, 0.3) is 5.69 Å². The van der Waals surface area contributed by atoms with Crippen LogP contribution >= 0.6 is 0 Å². The number of benzene rings is 2. The highest BCUT2D eigenvalue weighted by Gasteiger charge is 2.21. The van der Waals surface area contributed by atoms with Crippen LogP contribution in [0.5, 0.6) is 0 Å². The maximum atomic E-state index is 14.0. The molecule has 0 spiro atoms. The lowest BCUT2D eigenvalue weighted by molar-refractivity contribution is 0.0527. The average Bonchev–Trinajstić information content (AvgIpc) is 3.04. The summed E-state index contributed by atoms with van der Waals surface area (Å²) < 4.78 is 20.2. The van der Waals surface area contributed by atoms with Crippen LogP contribution in [0.4, 0.5) is 10.1 Å². The van der Waals surface area contributed by atoms with Crippen LogP contribution in [-0.2, 0) is 4.74 Å². The number of ether oxygens (including phenoxy) is 1. The molecule has 2 aromatic carbocycles. The molecule has 0 bridgehead atoms. The number of nitrogens with zero attached hydrogens (tertiary/aromatic N) is 3. The van der Waals surface area contributed by atoms with Crippen molar-refractivity contribution in [2.24, 2.45) is 0 Å². The van der Waals surface area contributed by atoms with Gasteiger partial charge in [0, 0.05) is 0 Å². The van der Waals surface area contributed by atoms with Gasteiger partial charge in [0.15, 0.2) is 5.69 Å². The molecule has 1 N–H and O–H groups in total. The molecule has 0 atom stereocenters. The van der Waals surface area contributed by atoms with Gasteiger partial charge in [0.25, 0.3) is 5.91 Å². The molecule has 27 heavy (non-hydrogen) atoms. The van der Waals surface area contributed by atoms with Crippen molar-refractivity contribution in [1.29, 1.82) is 0 Å². The molecule has 0 fully saturated rings. The zero-order chi connectivity index (χ0) is 19.4. The van der Waals surface area contributed by atoms with Crippen molar-refractivity contribution in [3.8, 4) is 5.69 Å². The third-order valence-corrected chi connectivity index (χ3v) is 3.86. The fourth-order valence-corrected chi connectivity index (χ4v) is 2.55. The van der Waals surface area contributed by atoms with E-state index in [1.54, 1.807) is 50.2 Å². The van der Waals surface area contributed by atoms with Crippen molar-refractivity contribution in [3.05, 3.63) is 71.3 Å². The van der Waals surface area contributed by atoms with Crippen molar-refractivity contribution >= 4 is 17.6 Å². The molecule has 0 aliphatic carbocycles. The molecule has 138 valence electrons. The predicted molar refractivity (Wildman–Crippen MR) is 96.4 cm³/mol. The standard InChI is InChI=1S/C19H17FN4O3/c1-3-27-19(26)13-8-4-6-10-15(13)21-18(25)17-12(2)24(23-22-17)16-11-7-5-9-14(16)20/h4-11H,3H2,1-2H3,(H,21,25). The first-order valence-electron chi connectivity index (χ1n) is 8.27. The van der Waals surface area contributed by atoms with E-state index >= 15 is 0 Å². The Morgan fingerprint density at radius 3 is 2.59 bits per heavy atom. The van der Waals surface area contributed by atoms with Gasteiger partial charge in [0.05, 0.1) is 23.6 Å². The first-order valence-corrected chi connectivity index (χ1v) is 8.27. The summed E-state index contributed by atoms with van der Waals surface area (Å²) in [5.74, 6) is -1.59. The SMILES string of the molecule is CCOC(=O)c1ccccc1NC(=O)c1nnn(-c2ccccc2F)c1C. The molecule has 0 aliphatic heterocycles. The molecular weight excluding hydrogens is 351 g/mol. The topological polar surface area (TPSA) is 86.1 Å². The molecular formula is C19H17FN4O3. The van der Waals surface area contributed by atoms with Crippen molar-refractivity contribution in [2.45, 2.75) is 13.8 Å². The molecule has 3 aromatic rings. The van der Waals surface area contributed by atoms with E-state index in [0.717, 1.165) is 0 Å². The number of para-hydroxylation sites is 2. The second-order valence-corrected chi connectivity index (χ2v) is 5.61. The number of rotatable bonds is 5. The highest BCUT2D eigenvalue weighted by Crippen LogP contribution is 2.19. The number of halogens is 1. The van der Waals surface area contributed by atoms with E-state index in [9.17, 15) is 14.0 Å². The molecule has 0 radical (unpaired) electrons. The number of esters is 1. The van der Waals surface area contributed by atoms with Crippen molar-refractivity contribution in [3.63, 3.8) is 0 Å². The molecule has 0 saturated carbocycles. The Balaban J connectivity index is 1.89. The lowest BCUT2D eigenvalue weighted by Crippen LogP contribution is -2.17. The van der Waals surface area contributed by atoms with Gasteiger partial charge in [-0.2, -0.15) is 0 Å². The summed E-state index contributed by atoms with van der Waals surface area (Å²) in [6.45, 7) is 3.53. The minimum atomic E-state index is -0.563. The first kappa shape index (κ1) is 18.2. The summed E-state index contributed by atoms with van der Waals surface area (Å²) in [4.78, 5) is 24.7. The summed E-state index contributed by atoms with van der Waals surface area (Å²) in [6, 6.07) is 12.5. The first-order chi connectivity index (χ1) is 13.0. The number of aromatic nitrogens is 3. The predicted octanol–water partition coefficient (Wildman–Crippen LogP) is 3.14. The third kappa shape index (κ3) is 3.69. The van der Waals surface area contributed by atoms with Gasteiger partial charge in [-0.15, -0.1) is 5.10 Å². The molecule has 1 amide bonds. The zero-order valence-corrected chi connectivity index (χ0v) is 14.8. The Morgan fingerprint density at radius 2 is 1.85 bits per heavy atom. The van der Waals surface area contributed by atoms with E-state index in [2.05, 4.69) is 15.6 Å². The smallest absolute Gasteiger partial charge is 0.340 e. The van der Waals surface area contributed by atoms with E-state index in [0.29, 0.717) is 11.4 Å². The summed E-state index contributed by atoms with van der Waals surface area (Å²) in [5, 5.41) is 10.4. The van der Waals surface area contributed by atoms with Crippen LogP contribution in [0.15, 0.2) is 48.5 Å². The van der Waals surface area contributed by atoms with Gasteiger partial charge in [-0.3, -0.25) is 4.79 Å². The van der Waals surface area contributed by atoms with Gasteiger partial charge in [-0.05, 0) is 38.1 Å². The summed E-state index contributed by atoms with van der Waals surface area (Å²) in [7, 11) is 0. The maximum Gasteiger partial charge on any atom is 0.340 e. The summed E-state index contributed by atoms with van der Waals surface area (Å²) >= 11 is 0. The van der Waals surface area contributed by atoms with Crippen LogP contribution in [0, 0.1) is 12.7 Å². The number of nitrogens with one attached hydrogen (secondary N) is 1. The lowest BCUT2D eigenvalue weighted by atomic mass is 10.1. The number of hydrogen-bond acceptors (Lipinski definition) is 5. The molecule has 1 aromatic heterocycles. The Hall–Kier alpha value is -3.55. The van der Waals surface area contributed by atoms with Gasteiger partial charge in [-0.1, -0.05) is 29.5 Å². The van der Waals surface area contributed by atoms with Crippen LogP contribution < -0.4 is 5.32 Å². The number of carbonyl (C=O) groups is 2. The molecule has 0 saturated heterocycles. The molecule has 0 unspecified atom stereocenters. The van der Waals surface area contributed by atoms with E-state index in [1.165, 1.54) is 16.8 Å². The van der Waals surface area contributed by atoms with Gasteiger partial charge in [0.1, 0.15) is 11.5 Å². The van der Waals surface area contributed by atoms with Crippen molar-refractivity contribution in [2.75, 3.05) is 11.9 Å². The monoisotopic (exact) mass is 368 g/mol. The second kappa shape index (κ2) is 7.77. The fraction of sp³-hybridized carbons (Fsp3) is 0.158. The molecule has 7 nitrogen and oxygen atoms in total. The highest BCUT2D eigenvalue weighted by atomic mass is 19.1. The Labute approximate surface area is 154 Å².